The molecule has 2 aromatic rings. The standard InChI is InChI=1S/C24H26N2O8S2/c27-22-11-10-20(23(28)25-22)26-16-19-18(24(26)29)8-4-9-21(19)35(30)15-14-33-12-5-13-34-36(31,32)17-6-2-1-3-7-17/h1-4,6-9,20H,5,10-16H2,(H,25,27,28). The van der Waals surface area contributed by atoms with Crippen molar-refractivity contribution in [3.63, 3.8) is 0 Å². The Hall–Kier alpha value is -2.93. The van der Waals surface area contributed by atoms with E-state index in [9.17, 15) is 27.0 Å². The third-order valence-electron chi connectivity index (χ3n) is 5.90. The Morgan fingerprint density at radius 2 is 1.78 bits per heavy atom. The van der Waals surface area contributed by atoms with Gasteiger partial charge in [0.1, 0.15) is 6.04 Å². The van der Waals surface area contributed by atoms with E-state index < -0.39 is 32.9 Å². The van der Waals surface area contributed by atoms with Crippen molar-refractivity contribution in [2.24, 2.45) is 0 Å². The predicted molar refractivity (Wildman–Crippen MR) is 129 cm³/mol. The molecular weight excluding hydrogens is 508 g/mol. The Morgan fingerprint density at radius 1 is 1.00 bits per heavy atom. The van der Waals surface area contributed by atoms with Crippen LogP contribution in [0.1, 0.15) is 35.2 Å². The van der Waals surface area contributed by atoms with Crippen molar-refractivity contribution in [3.05, 3.63) is 59.7 Å². The number of benzene rings is 2. The number of nitrogens with one attached hydrogen (secondary N) is 1. The smallest absolute Gasteiger partial charge is 0.296 e. The van der Waals surface area contributed by atoms with E-state index in [1.54, 1.807) is 36.4 Å². The molecule has 2 atom stereocenters. The summed E-state index contributed by atoms with van der Waals surface area (Å²) in [5.74, 6) is -0.984. The number of fused-ring (bicyclic) bond motifs is 1. The molecule has 0 aliphatic carbocycles. The molecule has 192 valence electrons. The van der Waals surface area contributed by atoms with Crippen molar-refractivity contribution in [3.8, 4) is 0 Å². The monoisotopic (exact) mass is 534 g/mol. The van der Waals surface area contributed by atoms with E-state index in [0.717, 1.165) is 0 Å². The molecule has 12 heteroatoms. The van der Waals surface area contributed by atoms with E-state index in [-0.39, 0.29) is 61.7 Å². The van der Waals surface area contributed by atoms with Crippen LogP contribution in [0, 0.1) is 0 Å². The van der Waals surface area contributed by atoms with E-state index in [1.165, 1.54) is 17.0 Å². The van der Waals surface area contributed by atoms with Crippen LogP contribution >= 0.6 is 0 Å². The number of carbonyl (C=O) groups excluding carboxylic acids is 3. The third-order valence-corrected chi connectivity index (χ3v) is 8.64. The number of hydrogen-bond acceptors (Lipinski definition) is 8. The van der Waals surface area contributed by atoms with Crippen molar-refractivity contribution < 1.29 is 35.9 Å². The maximum Gasteiger partial charge on any atom is 0.296 e. The zero-order valence-corrected chi connectivity index (χ0v) is 21.0. The van der Waals surface area contributed by atoms with Crippen LogP contribution in [0.4, 0.5) is 0 Å². The van der Waals surface area contributed by atoms with E-state index in [1.807, 2.05) is 0 Å². The minimum atomic E-state index is -3.81. The van der Waals surface area contributed by atoms with Gasteiger partial charge < -0.3 is 9.64 Å². The molecule has 36 heavy (non-hydrogen) atoms. The first kappa shape index (κ1) is 26.1. The topological polar surface area (TPSA) is 136 Å². The molecule has 2 aromatic carbocycles. The minimum absolute atomic E-state index is 0.0369. The summed E-state index contributed by atoms with van der Waals surface area (Å²) in [4.78, 5) is 38.6. The summed E-state index contributed by atoms with van der Waals surface area (Å²) >= 11 is 0. The van der Waals surface area contributed by atoms with E-state index in [0.29, 0.717) is 22.4 Å². The molecule has 0 aromatic heterocycles. The highest BCUT2D eigenvalue weighted by Gasteiger charge is 2.40. The van der Waals surface area contributed by atoms with Crippen molar-refractivity contribution in [2.75, 3.05) is 25.6 Å². The summed E-state index contributed by atoms with van der Waals surface area (Å²) in [6.45, 7) is 0.518. The second-order valence-electron chi connectivity index (χ2n) is 8.29. The molecule has 0 radical (unpaired) electrons. The van der Waals surface area contributed by atoms with E-state index in [4.69, 9.17) is 8.92 Å². The Balaban J connectivity index is 1.25. The van der Waals surface area contributed by atoms with Gasteiger partial charge in [-0.2, -0.15) is 8.42 Å². The zero-order chi connectivity index (χ0) is 25.7. The molecule has 1 N–H and O–H groups in total. The lowest BCUT2D eigenvalue weighted by atomic mass is 10.0. The first-order valence-corrected chi connectivity index (χ1v) is 14.2. The van der Waals surface area contributed by atoms with Gasteiger partial charge in [0, 0.05) is 35.6 Å². The molecule has 2 heterocycles. The number of piperidine rings is 1. The van der Waals surface area contributed by atoms with Crippen LogP contribution in [0.3, 0.4) is 0 Å². The summed E-state index contributed by atoms with van der Waals surface area (Å²) in [6.07, 6.45) is 0.762. The van der Waals surface area contributed by atoms with Gasteiger partial charge in [-0.15, -0.1) is 0 Å². The van der Waals surface area contributed by atoms with Crippen molar-refractivity contribution >= 4 is 38.6 Å². The summed E-state index contributed by atoms with van der Waals surface area (Å²) in [5.41, 5.74) is 1.02. The lowest BCUT2D eigenvalue weighted by Gasteiger charge is -2.29. The molecule has 2 aliphatic heterocycles. The number of carbonyl (C=O) groups is 3. The predicted octanol–water partition coefficient (Wildman–Crippen LogP) is 1.37. The van der Waals surface area contributed by atoms with Crippen molar-refractivity contribution in [2.45, 2.75) is 41.6 Å². The lowest BCUT2D eigenvalue weighted by molar-refractivity contribution is -0.136. The second kappa shape index (κ2) is 11.4. The summed E-state index contributed by atoms with van der Waals surface area (Å²) < 4.78 is 47.6. The number of nitrogens with zero attached hydrogens (tertiary/aromatic N) is 1. The molecule has 2 unspecified atom stereocenters. The first-order valence-electron chi connectivity index (χ1n) is 11.4. The molecule has 0 bridgehead atoms. The number of amides is 3. The first-order chi connectivity index (χ1) is 17.3. The Morgan fingerprint density at radius 3 is 2.53 bits per heavy atom. The summed E-state index contributed by atoms with van der Waals surface area (Å²) in [7, 11) is -5.26. The second-order valence-corrected chi connectivity index (χ2v) is 11.4. The SMILES string of the molecule is O=C1CCC(N2Cc3c(cccc3S(=O)CCOCCCOS(=O)(=O)c3ccccc3)C2=O)C(=O)N1. The zero-order valence-electron chi connectivity index (χ0n) is 19.4. The summed E-state index contributed by atoms with van der Waals surface area (Å²) in [5, 5.41) is 2.27. The Kier molecular flexibility index (Phi) is 8.29. The molecule has 10 nitrogen and oxygen atoms in total. The Bertz CT molecular complexity index is 1280. The summed E-state index contributed by atoms with van der Waals surface area (Å²) in [6, 6.07) is 12.1. The molecular formula is C24H26N2O8S2. The minimum Gasteiger partial charge on any atom is -0.380 e. The van der Waals surface area contributed by atoms with Gasteiger partial charge in [-0.1, -0.05) is 24.3 Å². The average Bonchev–Trinajstić information content (AvgIpc) is 3.20. The average molecular weight is 535 g/mol. The highest BCUT2D eigenvalue weighted by atomic mass is 32.2. The van der Waals surface area contributed by atoms with Gasteiger partial charge in [-0.3, -0.25) is 28.1 Å². The normalized spacial score (nSPS) is 18.7. The lowest BCUT2D eigenvalue weighted by Crippen LogP contribution is -2.52. The van der Waals surface area contributed by atoms with Crippen LogP contribution in [0.15, 0.2) is 58.3 Å². The molecule has 0 saturated carbocycles. The molecule has 2 aliphatic rings. The van der Waals surface area contributed by atoms with Crippen molar-refractivity contribution in [1.82, 2.24) is 10.2 Å². The maximum absolute atomic E-state index is 13.0. The molecule has 0 spiro atoms. The van der Waals surface area contributed by atoms with Crippen LogP contribution in [-0.2, 0) is 46.0 Å². The van der Waals surface area contributed by atoms with Gasteiger partial charge in [0.05, 0.1) is 34.7 Å². The fraction of sp³-hybridized carbons (Fsp3) is 0.375. The van der Waals surface area contributed by atoms with Crippen LogP contribution in [0.25, 0.3) is 0 Å². The van der Waals surface area contributed by atoms with Crippen LogP contribution in [-0.4, -0.2) is 66.9 Å². The number of hydrogen-bond donors (Lipinski definition) is 1. The number of imide groups is 1. The van der Waals surface area contributed by atoms with E-state index in [2.05, 4.69) is 5.32 Å². The van der Waals surface area contributed by atoms with Crippen LogP contribution < -0.4 is 5.32 Å². The molecule has 4 rings (SSSR count). The molecule has 3 amide bonds. The van der Waals surface area contributed by atoms with Gasteiger partial charge in [0.15, 0.2) is 0 Å². The highest BCUT2D eigenvalue weighted by molar-refractivity contribution is 7.86. The fourth-order valence-corrected chi connectivity index (χ4v) is 6.23. The van der Waals surface area contributed by atoms with E-state index >= 15 is 0 Å². The largest absolute Gasteiger partial charge is 0.380 e. The number of ether oxygens (including phenoxy) is 1. The molecule has 1 saturated heterocycles. The third kappa shape index (κ3) is 5.89. The van der Waals surface area contributed by atoms with Gasteiger partial charge in [0.25, 0.3) is 16.0 Å². The van der Waals surface area contributed by atoms with Crippen LogP contribution in [0.5, 0.6) is 0 Å². The maximum atomic E-state index is 13.0. The van der Waals surface area contributed by atoms with Gasteiger partial charge in [-0.05, 0) is 37.1 Å². The van der Waals surface area contributed by atoms with Crippen LogP contribution in [0.2, 0.25) is 0 Å². The molecule has 1 fully saturated rings. The van der Waals surface area contributed by atoms with Gasteiger partial charge in [-0.25, -0.2) is 0 Å². The van der Waals surface area contributed by atoms with Gasteiger partial charge >= 0.3 is 0 Å². The quantitative estimate of drug-likeness (QED) is 0.259. The number of rotatable bonds is 11. The highest BCUT2D eigenvalue weighted by Crippen LogP contribution is 2.31. The van der Waals surface area contributed by atoms with Crippen molar-refractivity contribution in [1.29, 1.82) is 0 Å². The fourth-order valence-electron chi connectivity index (χ4n) is 4.10. The Labute approximate surface area is 211 Å². The van der Waals surface area contributed by atoms with Gasteiger partial charge in [0.2, 0.25) is 11.8 Å².